The van der Waals surface area contributed by atoms with Crippen LogP contribution in [0, 0.1) is 5.92 Å². The van der Waals surface area contributed by atoms with Gasteiger partial charge in [0.05, 0.1) is 6.20 Å². The third kappa shape index (κ3) is 0.763. The quantitative estimate of drug-likeness (QED) is 0.619. The first-order valence-corrected chi connectivity index (χ1v) is 4.05. The Hall–Kier alpha value is -0.870. The highest BCUT2D eigenvalue weighted by Crippen LogP contribution is 2.40. The number of aliphatic hydroxyl groups is 1. The lowest BCUT2D eigenvalue weighted by Crippen LogP contribution is -2.37. The number of hydrogen-bond acceptors (Lipinski definition) is 4. The van der Waals surface area contributed by atoms with E-state index < -0.39 is 5.60 Å². The second-order valence-electron chi connectivity index (χ2n) is 3.40. The molecule has 0 bridgehead atoms. The third-order valence-corrected chi connectivity index (χ3v) is 2.73. The summed E-state index contributed by atoms with van der Waals surface area (Å²) in [5.74, 6) is 0.898. The first-order chi connectivity index (χ1) is 5.68. The lowest BCUT2D eigenvalue weighted by atomic mass is 9.90. The van der Waals surface area contributed by atoms with Crippen molar-refractivity contribution in [3.63, 3.8) is 0 Å². The van der Waals surface area contributed by atoms with Crippen LogP contribution in [0.25, 0.3) is 0 Å². The van der Waals surface area contributed by atoms with Crippen LogP contribution in [0.4, 0.5) is 0 Å². The number of rotatable bonds is 1. The molecule has 1 aromatic rings. The SMILES string of the molecule is CC1Cc2oncc2C1(O)CN. The Morgan fingerprint density at radius 1 is 1.92 bits per heavy atom. The molecule has 0 aromatic carbocycles. The highest BCUT2D eigenvalue weighted by Gasteiger charge is 2.44. The zero-order valence-electron chi connectivity index (χ0n) is 6.95. The molecular weight excluding hydrogens is 156 g/mol. The van der Waals surface area contributed by atoms with E-state index in [1.165, 1.54) is 0 Å². The number of aromatic nitrogens is 1. The predicted molar refractivity (Wildman–Crippen MR) is 42.3 cm³/mol. The van der Waals surface area contributed by atoms with Gasteiger partial charge in [0.2, 0.25) is 0 Å². The minimum atomic E-state index is -0.921. The Balaban J connectivity index is 2.48. The molecule has 0 saturated carbocycles. The summed E-state index contributed by atoms with van der Waals surface area (Å²) in [5, 5.41) is 13.7. The Morgan fingerprint density at radius 3 is 3.33 bits per heavy atom. The van der Waals surface area contributed by atoms with Crippen molar-refractivity contribution >= 4 is 0 Å². The fraction of sp³-hybridized carbons (Fsp3) is 0.625. The van der Waals surface area contributed by atoms with E-state index in [2.05, 4.69) is 5.16 Å². The second-order valence-corrected chi connectivity index (χ2v) is 3.40. The normalized spacial score (nSPS) is 33.8. The molecule has 0 radical (unpaired) electrons. The minimum Gasteiger partial charge on any atom is -0.383 e. The Kier molecular flexibility index (Phi) is 1.49. The molecular formula is C8H12N2O2. The summed E-state index contributed by atoms with van der Waals surface area (Å²) in [6.07, 6.45) is 2.29. The molecule has 0 aliphatic heterocycles. The molecule has 4 nitrogen and oxygen atoms in total. The predicted octanol–water partition coefficient (Wildman–Crippen LogP) is 0.0131. The zero-order valence-corrected chi connectivity index (χ0v) is 6.95. The molecule has 1 heterocycles. The third-order valence-electron chi connectivity index (χ3n) is 2.73. The van der Waals surface area contributed by atoms with Crippen LogP contribution in [0.15, 0.2) is 10.7 Å². The van der Waals surface area contributed by atoms with Gasteiger partial charge < -0.3 is 15.4 Å². The molecule has 4 heteroatoms. The zero-order chi connectivity index (χ0) is 8.77. The van der Waals surface area contributed by atoms with Crippen LogP contribution >= 0.6 is 0 Å². The van der Waals surface area contributed by atoms with Crippen molar-refractivity contribution < 1.29 is 9.63 Å². The van der Waals surface area contributed by atoms with E-state index in [1.54, 1.807) is 6.20 Å². The monoisotopic (exact) mass is 168 g/mol. The van der Waals surface area contributed by atoms with Gasteiger partial charge in [0.25, 0.3) is 0 Å². The van der Waals surface area contributed by atoms with E-state index in [0.717, 1.165) is 17.7 Å². The summed E-state index contributed by atoms with van der Waals surface area (Å²) >= 11 is 0. The summed E-state index contributed by atoms with van der Waals surface area (Å²) in [6.45, 7) is 2.19. The van der Waals surface area contributed by atoms with Crippen molar-refractivity contribution in [1.29, 1.82) is 0 Å². The van der Waals surface area contributed by atoms with E-state index in [9.17, 15) is 5.11 Å². The van der Waals surface area contributed by atoms with Crippen molar-refractivity contribution in [2.24, 2.45) is 11.7 Å². The molecule has 0 saturated heterocycles. The van der Waals surface area contributed by atoms with Crippen LogP contribution < -0.4 is 5.73 Å². The second kappa shape index (κ2) is 2.31. The van der Waals surface area contributed by atoms with Gasteiger partial charge in [0.15, 0.2) is 0 Å². The molecule has 0 amide bonds. The maximum atomic E-state index is 10.1. The summed E-state index contributed by atoms with van der Waals surface area (Å²) in [7, 11) is 0. The van der Waals surface area contributed by atoms with Gasteiger partial charge in [-0.2, -0.15) is 0 Å². The summed E-state index contributed by atoms with van der Waals surface area (Å²) in [5.41, 5.74) is 5.35. The van der Waals surface area contributed by atoms with E-state index in [0.29, 0.717) is 0 Å². The summed E-state index contributed by atoms with van der Waals surface area (Å²) in [6, 6.07) is 0. The van der Waals surface area contributed by atoms with E-state index in [4.69, 9.17) is 10.3 Å². The highest BCUT2D eigenvalue weighted by molar-refractivity contribution is 5.30. The van der Waals surface area contributed by atoms with Gasteiger partial charge >= 0.3 is 0 Å². The van der Waals surface area contributed by atoms with Crippen molar-refractivity contribution in [3.05, 3.63) is 17.5 Å². The summed E-state index contributed by atoms with van der Waals surface area (Å²) in [4.78, 5) is 0. The number of nitrogens with two attached hydrogens (primary N) is 1. The molecule has 2 atom stereocenters. The van der Waals surface area contributed by atoms with Crippen molar-refractivity contribution in [2.45, 2.75) is 18.9 Å². The van der Waals surface area contributed by atoms with Crippen LogP contribution in [0.1, 0.15) is 18.2 Å². The molecule has 1 aromatic heterocycles. The van der Waals surface area contributed by atoms with Gasteiger partial charge in [-0.15, -0.1) is 0 Å². The fourth-order valence-electron chi connectivity index (χ4n) is 1.79. The number of nitrogens with zero attached hydrogens (tertiary/aromatic N) is 1. The molecule has 2 rings (SSSR count). The smallest absolute Gasteiger partial charge is 0.143 e. The lowest BCUT2D eigenvalue weighted by molar-refractivity contribution is 0.00445. The molecule has 66 valence electrons. The van der Waals surface area contributed by atoms with Gasteiger partial charge in [0.1, 0.15) is 11.4 Å². The lowest BCUT2D eigenvalue weighted by Gasteiger charge is -2.25. The van der Waals surface area contributed by atoms with E-state index in [-0.39, 0.29) is 12.5 Å². The standard InChI is InChI=1S/C8H12N2O2/c1-5-2-7-6(3-10-12-7)8(5,11)4-9/h3,5,11H,2,4,9H2,1H3. The van der Waals surface area contributed by atoms with Gasteiger partial charge in [-0.3, -0.25) is 0 Å². The minimum absolute atomic E-state index is 0.124. The van der Waals surface area contributed by atoms with Crippen LogP contribution in [0.3, 0.4) is 0 Å². The molecule has 12 heavy (non-hydrogen) atoms. The van der Waals surface area contributed by atoms with Gasteiger partial charge in [-0.05, 0) is 5.92 Å². The van der Waals surface area contributed by atoms with Gasteiger partial charge in [-0.25, -0.2) is 0 Å². The first-order valence-electron chi connectivity index (χ1n) is 4.05. The number of hydrogen-bond donors (Lipinski definition) is 2. The Labute approximate surface area is 70.3 Å². The average Bonchev–Trinajstić information content (AvgIpc) is 2.57. The van der Waals surface area contributed by atoms with Crippen LogP contribution in [0.2, 0.25) is 0 Å². The van der Waals surface area contributed by atoms with E-state index in [1.807, 2.05) is 6.92 Å². The maximum Gasteiger partial charge on any atom is 0.143 e. The molecule has 0 spiro atoms. The van der Waals surface area contributed by atoms with Crippen LogP contribution in [-0.2, 0) is 12.0 Å². The van der Waals surface area contributed by atoms with Crippen molar-refractivity contribution in [1.82, 2.24) is 5.16 Å². The largest absolute Gasteiger partial charge is 0.383 e. The Bertz CT molecular complexity index is 297. The first kappa shape index (κ1) is 7.76. The maximum absolute atomic E-state index is 10.1. The molecule has 1 aliphatic carbocycles. The molecule has 2 unspecified atom stereocenters. The van der Waals surface area contributed by atoms with Gasteiger partial charge in [0, 0.05) is 18.5 Å². The molecule has 1 aliphatic rings. The topological polar surface area (TPSA) is 72.3 Å². The summed E-state index contributed by atoms with van der Waals surface area (Å²) < 4.78 is 4.98. The number of fused-ring (bicyclic) bond motifs is 1. The molecule has 3 N–H and O–H groups in total. The van der Waals surface area contributed by atoms with Crippen LogP contribution in [0.5, 0.6) is 0 Å². The molecule has 0 fully saturated rings. The highest BCUT2D eigenvalue weighted by atomic mass is 16.5. The van der Waals surface area contributed by atoms with Crippen molar-refractivity contribution in [3.8, 4) is 0 Å². The Morgan fingerprint density at radius 2 is 2.67 bits per heavy atom. The van der Waals surface area contributed by atoms with Gasteiger partial charge in [-0.1, -0.05) is 12.1 Å². The fourth-order valence-corrected chi connectivity index (χ4v) is 1.79. The van der Waals surface area contributed by atoms with Crippen LogP contribution in [-0.4, -0.2) is 16.8 Å². The average molecular weight is 168 g/mol. The van der Waals surface area contributed by atoms with E-state index >= 15 is 0 Å². The van der Waals surface area contributed by atoms with Crippen molar-refractivity contribution in [2.75, 3.05) is 6.54 Å².